The Bertz CT molecular complexity index is 453. The Labute approximate surface area is 124 Å². The van der Waals surface area contributed by atoms with Gasteiger partial charge in [-0.2, -0.15) is 0 Å². The fourth-order valence-corrected chi connectivity index (χ4v) is 3.48. The maximum Gasteiger partial charge on any atom is 0.325 e. The van der Waals surface area contributed by atoms with Crippen molar-refractivity contribution in [2.75, 3.05) is 32.7 Å². The van der Waals surface area contributed by atoms with Crippen LogP contribution in [0.4, 0.5) is 4.79 Å². The van der Waals surface area contributed by atoms with E-state index in [4.69, 9.17) is 0 Å². The second kappa shape index (κ2) is 5.63. The Morgan fingerprint density at radius 2 is 1.81 bits per heavy atom. The Morgan fingerprint density at radius 3 is 2.48 bits per heavy atom. The lowest BCUT2D eigenvalue weighted by Gasteiger charge is -2.28. The first-order valence-corrected chi connectivity index (χ1v) is 7.75. The highest BCUT2D eigenvalue weighted by Gasteiger charge is 2.52. The molecule has 3 fully saturated rings. The largest absolute Gasteiger partial charge is 0.340 e. The van der Waals surface area contributed by atoms with Crippen molar-refractivity contribution in [3.05, 3.63) is 0 Å². The molecule has 2 aliphatic heterocycles. The number of nitrogens with zero attached hydrogens (tertiary/aromatic N) is 2. The number of piperazine rings is 1. The van der Waals surface area contributed by atoms with Gasteiger partial charge in [0.1, 0.15) is 5.54 Å². The number of nitrogens with one attached hydrogen (secondary N) is 2. The van der Waals surface area contributed by atoms with Crippen LogP contribution < -0.4 is 10.6 Å². The lowest BCUT2D eigenvalue weighted by molar-refractivity contribution is -0.134. The summed E-state index contributed by atoms with van der Waals surface area (Å²) < 4.78 is 0. The normalized spacial score (nSPS) is 24.8. The second-order valence-electron chi connectivity index (χ2n) is 6.06. The molecule has 1 aliphatic carbocycles. The van der Waals surface area contributed by atoms with Crippen molar-refractivity contribution in [3.8, 4) is 0 Å². The molecule has 2 N–H and O–H groups in total. The molecule has 2 heterocycles. The summed E-state index contributed by atoms with van der Waals surface area (Å²) in [6.45, 7) is 3.19. The van der Waals surface area contributed by atoms with Gasteiger partial charge in [-0.3, -0.25) is 14.5 Å². The Balaban J connectivity index is 1.56. The van der Waals surface area contributed by atoms with Crippen LogP contribution in [0, 0.1) is 0 Å². The van der Waals surface area contributed by atoms with Crippen LogP contribution in [0.1, 0.15) is 32.1 Å². The molecule has 21 heavy (non-hydrogen) atoms. The summed E-state index contributed by atoms with van der Waals surface area (Å²) in [5, 5.41) is 6.03. The van der Waals surface area contributed by atoms with Crippen LogP contribution in [-0.4, -0.2) is 65.9 Å². The minimum absolute atomic E-state index is 0.0180. The Morgan fingerprint density at radius 1 is 1.14 bits per heavy atom. The van der Waals surface area contributed by atoms with Crippen molar-refractivity contribution >= 4 is 17.8 Å². The standard InChI is InChI=1S/C14H22N4O3/c19-11(17-9-6-15-7-10-17)3-8-18-12(20)14(16-13(18)21)4-1-2-5-14/h15H,1-10H2,(H,16,21). The highest BCUT2D eigenvalue weighted by Crippen LogP contribution is 2.35. The highest BCUT2D eigenvalue weighted by atomic mass is 16.2. The predicted molar refractivity (Wildman–Crippen MR) is 75.5 cm³/mol. The van der Waals surface area contributed by atoms with Gasteiger partial charge in [-0.15, -0.1) is 0 Å². The van der Waals surface area contributed by atoms with Gasteiger partial charge in [-0.25, -0.2) is 4.79 Å². The number of hydrogen-bond donors (Lipinski definition) is 2. The molecule has 0 bridgehead atoms. The summed E-state index contributed by atoms with van der Waals surface area (Å²) in [7, 11) is 0. The fraction of sp³-hybridized carbons (Fsp3) is 0.786. The van der Waals surface area contributed by atoms with Gasteiger partial charge in [0, 0.05) is 39.1 Å². The first-order chi connectivity index (χ1) is 10.1. The minimum atomic E-state index is -0.671. The number of urea groups is 1. The summed E-state index contributed by atoms with van der Waals surface area (Å²) in [5.74, 6) is -0.123. The quantitative estimate of drug-likeness (QED) is 0.699. The van der Waals surface area contributed by atoms with E-state index in [1.165, 1.54) is 4.90 Å². The first-order valence-electron chi connectivity index (χ1n) is 7.75. The molecule has 0 unspecified atom stereocenters. The predicted octanol–water partition coefficient (Wildman–Crippen LogP) is -0.327. The molecule has 3 aliphatic rings. The Hall–Kier alpha value is -1.63. The van der Waals surface area contributed by atoms with Crippen molar-refractivity contribution in [2.45, 2.75) is 37.6 Å². The molecule has 1 spiro atoms. The van der Waals surface area contributed by atoms with Gasteiger partial charge in [-0.05, 0) is 12.8 Å². The molecule has 0 atom stereocenters. The summed E-state index contributed by atoms with van der Waals surface area (Å²) >= 11 is 0. The number of imide groups is 1. The summed E-state index contributed by atoms with van der Waals surface area (Å²) in [6, 6.07) is -0.338. The summed E-state index contributed by atoms with van der Waals surface area (Å²) in [6.07, 6.45) is 3.61. The third-order valence-corrected chi connectivity index (χ3v) is 4.72. The maximum absolute atomic E-state index is 12.4. The van der Waals surface area contributed by atoms with Gasteiger partial charge in [0.2, 0.25) is 5.91 Å². The van der Waals surface area contributed by atoms with E-state index < -0.39 is 5.54 Å². The van der Waals surface area contributed by atoms with E-state index >= 15 is 0 Å². The van der Waals surface area contributed by atoms with Crippen LogP contribution in [0.25, 0.3) is 0 Å². The maximum atomic E-state index is 12.4. The van der Waals surface area contributed by atoms with E-state index in [0.29, 0.717) is 13.1 Å². The molecule has 3 rings (SSSR count). The lowest BCUT2D eigenvalue weighted by Crippen LogP contribution is -2.47. The average molecular weight is 294 g/mol. The molecule has 116 valence electrons. The van der Waals surface area contributed by atoms with Gasteiger partial charge in [-0.1, -0.05) is 12.8 Å². The van der Waals surface area contributed by atoms with Crippen LogP contribution in [-0.2, 0) is 9.59 Å². The monoisotopic (exact) mass is 294 g/mol. The molecule has 2 saturated heterocycles. The molecule has 4 amide bonds. The van der Waals surface area contributed by atoms with E-state index in [0.717, 1.165) is 38.8 Å². The number of amides is 4. The van der Waals surface area contributed by atoms with Crippen LogP contribution in [0.5, 0.6) is 0 Å². The number of rotatable bonds is 3. The topological polar surface area (TPSA) is 81.8 Å². The van der Waals surface area contributed by atoms with Crippen molar-refractivity contribution in [3.63, 3.8) is 0 Å². The van der Waals surface area contributed by atoms with Crippen molar-refractivity contribution < 1.29 is 14.4 Å². The minimum Gasteiger partial charge on any atom is -0.340 e. The van der Waals surface area contributed by atoms with Crippen molar-refractivity contribution in [2.24, 2.45) is 0 Å². The molecule has 7 nitrogen and oxygen atoms in total. The smallest absolute Gasteiger partial charge is 0.325 e. The highest BCUT2D eigenvalue weighted by molar-refractivity contribution is 6.07. The van der Waals surface area contributed by atoms with E-state index in [9.17, 15) is 14.4 Å². The average Bonchev–Trinajstić information content (AvgIpc) is 3.05. The van der Waals surface area contributed by atoms with Gasteiger partial charge in [0.25, 0.3) is 5.91 Å². The number of hydrogen-bond acceptors (Lipinski definition) is 4. The second-order valence-corrected chi connectivity index (χ2v) is 6.06. The molecule has 0 aromatic rings. The van der Waals surface area contributed by atoms with Gasteiger partial charge < -0.3 is 15.5 Å². The summed E-state index contributed by atoms with van der Waals surface area (Å²) in [4.78, 5) is 39.6. The lowest BCUT2D eigenvalue weighted by atomic mass is 9.98. The van der Waals surface area contributed by atoms with E-state index in [2.05, 4.69) is 10.6 Å². The number of carbonyl (C=O) groups excluding carboxylic acids is 3. The molecular formula is C14H22N4O3. The zero-order valence-corrected chi connectivity index (χ0v) is 12.2. The molecule has 0 aromatic carbocycles. The van der Waals surface area contributed by atoms with Gasteiger partial charge in [0.15, 0.2) is 0 Å². The molecule has 7 heteroatoms. The zero-order chi connectivity index (χ0) is 14.9. The van der Waals surface area contributed by atoms with E-state index in [1.807, 2.05) is 0 Å². The third-order valence-electron chi connectivity index (χ3n) is 4.72. The molecule has 0 radical (unpaired) electrons. The van der Waals surface area contributed by atoms with Gasteiger partial charge >= 0.3 is 6.03 Å². The van der Waals surface area contributed by atoms with Crippen LogP contribution in [0.15, 0.2) is 0 Å². The van der Waals surface area contributed by atoms with Crippen LogP contribution in [0.3, 0.4) is 0 Å². The first kappa shape index (κ1) is 14.3. The molecule has 0 aromatic heterocycles. The third kappa shape index (κ3) is 2.62. The molecule has 1 saturated carbocycles. The number of carbonyl (C=O) groups is 3. The van der Waals surface area contributed by atoms with E-state index in [1.54, 1.807) is 4.90 Å². The SMILES string of the molecule is O=C(CCN1C(=O)NC2(CCCC2)C1=O)N1CCNCC1. The zero-order valence-electron chi connectivity index (χ0n) is 12.2. The van der Waals surface area contributed by atoms with Gasteiger partial charge in [0.05, 0.1) is 0 Å². The van der Waals surface area contributed by atoms with Crippen LogP contribution >= 0.6 is 0 Å². The fourth-order valence-electron chi connectivity index (χ4n) is 3.48. The molecular weight excluding hydrogens is 272 g/mol. The Kier molecular flexibility index (Phi) is 3.84. The van der Waals surface area contributed by atoms with Crippen molar-refractivity contribution in [1.29, 1.82) is 0 Å². The summed E-state index contributed by atoms with van der Waals surface area (Å²) in [5.41, 5.74) is -0.671. The van der Waals surface area contributed by atoms with Crippen molar-refractivity contribution in [1.82, 2.24) is 20.4 Å². The van der Waals surface area contributed by atoms with E-state index in [-0.39, 0.29) is 30.8 Å². The van der Waals surface area contributed by atoms with Crippen LogP contribution in [0.2, 0.25) is 0 Å².